The van der Waals surface area contributed by atoms with Crippen LogP contribution in [0.25, 0.3) is 11.1 Å². The number of anilines is 1. The van der Waals surface area contributed by atoms with Crippen molar-refractivity contribution in [3.8, 4) is 11.1 Å². The average molecular weight is 271 g/mol. The van der Waals surface area contributed by atoms with E-state index in [0.29, 0.717) is 30.3 Å². The van der Waals surface area contributed by atoms with Crippen LogP contribution >= 0.6 is 0 Å². The Morgan fingerprint density at radius 1 is 1.35 bits per heavy atom. The third-order valence-corrected chi connectivity index (χ3v) is 3.54. The monoisotopic (exact) mass is 271 g/mol. The molecular weight excluding hydrogens is 254 g/mol. The van der Waals surface area contributed by atoms with Gasteiger partial charge in [0, 0.05) is 29.1 Å². The first-order valence-electron chi connectivity index (χ1n) is 6.73. The standard InChI is InChI=1S/C15H17N3O2/c1-3-6-20-8-18-9(2)13-11-5-4-10(16)7-12(11)15(19)14(13)17-18/h4-5,7H,3,6,8,16H2,1-2H3. The molecule has 0 amide bonds. The Morgan fingerprint density at radius 3 is 2.90 bits per heavy atom. The van der Waals surface area contributed by atoms with Gasteiger partial charge in [0.1, 0.15) is 12.4 Å². The molecule has 5 heteroatoms. The van der Waals surface area contributed by atoms with E-state index < -0.39 is 0 Å². The molecule has 3 rings (SSSR count). The van der Waals surface area contributed by atoms with Crippen molar-refractivity contribution >= 4 is 11.5 Å². The van der Waals surface area contributed by atoms with Gasteiger partial charge in [-0.05, 0) is 31.0 Å². The fraction of sp³-hybridized carbons (Fsp3) is 0.333. The third kappa shape index (κ3) is 1.82. The van der Waals surface area contributed by atoms with Crippen molar-refractivity contribution in [2.75, 3.05) is 12.3 Å². The first-order valence-corrected chi connectivity index (χ1v) is 6.73. The second-order valence-corrected chi connectivity index (χ2v) is 4.98. The zero-order valence-electron chi connectivity index (χ0n) is 11.6. The summed E-state index contributed by atoms with van der Waals surface area (Å²) >= 11 is 0. The molecule has 0 radical (unpaired) electrons. The number of carbonyl (C=O) groups is 1. The van der Waals surface area contributed by atoms with Crippen molar-refractivity contribution in [1.29, 1.82) is 0 Å². The molecule has 1 heterocycles. The lowest BCUT2D eigenvalue weighted by Gasteiger charge is -2.07. The van der Waals surface area contributed by atoms with Crippen LogP contribution in [0.5, 0.6) is 0 Å². The van der Waals surface area contributed by atoms with Gasteiger partial charge in [0.15, 0.2) is 0 Å². The van der Waals surface area contributed by atoms with Crippen LogP contribution in [0, 0.1) is 6.92 Å². The number of benzene rings is 1. The summed E-state index contributed by atoms with van der Waals surface area (Å²) in [6.07, 6.45) is 0.959. The maximum atomic E-state index is 12.4. The minimum absolute atomic E-state index is 0.0559. The van der Waals surface area contributed by atoms with Crippen LogP contribution < -0.4 is 5.73 Å². The predicted octanol–water partition coefficient (Wildman–Crippen LogP) is 2.37. The van der Waals surface area contributed by atoms with Gasteiger partial charge in [0.05, 0.1) is 0 Å². The van der Waals surface area contributed by atoms with Gasteiger partial charge in [-0.15, -0.1) is 0 Å². The second kappa shape index (κ2) is 4.76. The molecule has 2 aromatic rings. The number of nitrogens with two attached hydrogens (primary N) is 1. The van der Waals surface area contributed by atoms with Gasteiger partial charge in [-0.25, -0.2) is 4.68 Å². The van der Waals surface area contributed by atoms with Crippen LogP contribution in [0.3, 0.4) is 0 Å². The highest BCUT2D eigenvalue weighted by atomic mass is 16.5. The van der Waals surface area contributed by atoms with Crippen LogP contribution in [-0.4, -0.2) is 22.2 Å². The summed E-state index contributed by atoms with van der Waals surface area (Å²) in [7, 11) is 0. The summed E-state index contributed by atoms with van der Waals surface area (Å²) in [5.41, 5.74) is 10.3. The number of nitrogen functional groups attached to an aromatic ring is 1. The summed E-state index contributed by atoms with van der Waals surface area (Å²) in [5.74, 6) is -0.0559. The number of hydrogen-bond acceptors (Lipinski definition) is 4. The molecule has 0 bridgehead atoms. The van der Waals surface area contributed by atoms with Crippen LogP contribution in [0.2, 0.25) is 0 Å². The molecule has 5 nitrogen and oxygen atoms in total. The van der Waals surface area contributed by atoms with E-state index in [1.807, 2.05) is 19.1 Å². The molecule has 0 saturated carbocycles. The lowest BCUT2D eigenvalue weighted by Crippen LogP contribution is -2.09. The fourth-order valence-corrected chi connectivity index (χ4v) is 2.54. The van der Waals surface area contributed by atoms with E-state index in [9.17, 15) is 4.79 Å². The summed E-state index contributed by atoms with van der Waals surface area (Å²) in [6.45, 7) is 5.08. The van der Waals surface area contributed by atoms with Crippen LogP contribution in [0.15, 0.2) is 18.2 Å². The van der Waals surface area contributed by atoms with E-state index in [1.165, 1.54) is 0 Å². The van der Waals surface area contributed by atoms with Crippen molar-refractivity contribution in [3.63, 3.8) is 0 Å². The van der Waals surface area contributed by atoms with Gasteiger partial charge in [0.2, 0.25) is 5.78 Å². The Kier molecular flexibility index (Phi) is 3.06. The van der Waals surface area contributed by atoms with Gasteiger partial charge < -0.3 is 10.5 Å². The zero-order valence-corrected chi connectivity index (χ0v) is 11.6. The number of nitrogens with zero attached hydrogens (tertiary/aromatic N) is 2. The van der Waals surface area contributed by atoms with Gasteiger partial charge >= 0.3 is 0 Å². The number of fused-ring (bicyclic) bond motifs is 3. The number of rotatable bonds is 4. The van der Waals surface area contributed by atoms with Gasteiger partial charge in [-0.3, -0.25) is 4.79 Å². The Hall–Kier alpha value is -2.14. The van der Waals surface area contributed by atoms with Crippen molar-refractivity contribution < 1.29 is 9.53 Å². The number of aromatic nitrogens is 2. The maximum Gasteiger partial charge on any atom is 0.214 e. The Labute approximate surface area is 117 Å². The predicted molar refractivity (Wildman–Crippen MR) is 76.5 cm³/mol. The summed E-state index contributed by atoms with van der Waals surface area (Å²) in [5, 5.41) is 4.39. The van der Waals surface area contributed by atoms with E-state index in [4.69, 9.17) is 10.5 Å². The minimum atomic E-state index is -0.0559. The Morgan fingerprint density at radius 2 is 2.15 bits per heavy atom. The first kappa shape index (κ1) is 12.9. The van der Waals surface area contributed by atoms with Gasteiger partial charge in [-0.2, -0.15) is 5.10 Å². The smallest absolute Gasteiger partial charge is 0.214 e. The second-order valence-electron chi connectivity index (χ2n) is 4.98. The number of ketones is 1. The van der Waals surface area contributed by atoms with E-state index in [2.05, 4.69) is 12.0 Å². The third-order valence-electron chi connectivity index (χ3n) is 3.54. The Balaban J connectivity index is 2.02. The summed E-state index contributed by atoms with van der Waals surface area (Å²) in [4.78, 5) is 12.4. The van der Waals surface area contributed by atoms with Crippen molar-refractivity contribution in [2.45, 2.75) is 27.0 Å². The highest BCUT2D eigenvalue weighted by Gasteiger charge is 2.32. The van der Waals surface area contributed by atoms with Crippen molar-refractivity contribution in [1.82, 2.24) is 9.78 Å². The van der Waals surface area contributed by atoms with Crippen LogP contribution in [0.1, 0.15) is 35.1 Å². The average Bonchev–Trinajstić information content (AvgIpc) is 2.88. The maximum absolute atomic E-state index is 12.4. The molecule has 1 aliphatic carbocycles. The summed E-state index contributed by atoms with van der Waals surface area (Å²) < 4.78 is 7.25. The normalized spacial score (nSPS) is 12.6. The molecule has 0 aliphatic heterocycles. The molecule has 2 N–H and O–H groups in total. The van der Waals surface area contributed by atoms with E-state index in [0.717, 1.165) is 23.2 Å². The van der Waals surface area contributed by atoms with Crippen LogP contribution in [-0.2, 0) is 11.5 Å². The molecule has 0 saturated heterocycles. The molecule has 0 atom stereocenters. The van der Waals surface area contributed by atoms with Crippen molar-refractivity contribution in [3.05, 3.63) is 35.2 Å². The first-order chi connectivity index (χ1) is 9.63. The lowest BCUT2D eigenvalue weighted by atomic mass is 10.1. The molecule has 1 aromatic carbocycles. The van der Waals surface area contributed by atoms with Crippen molar-refractivity contribution in [2.24, 2.45) is 0 Å². The molecule has 1 aromatic heterocycles. The van der Waals surface area contributed by atoms with Gasteiger partial charge in [0.25, 0.3) is 0 Å². The zero-order chi connectivity index (χ0) is 14.3. The molecule has 20 heavy (non-hydrogen) atoms. The van der Waals surface area contributed by atoms with Crippen LogP contribution in [0.4, 0.5) is 5.69 Å². The largest absolute Gasteiger partial charge is 0.399 e. The molecule has 104 valence electrons. The molecule has 0 unspecified atom stereocenters. The highest BCUT2D eigenvalue weighted by Crippen LogP contribution is 2.39. The Bertz CT molecular complexity index is 689. The molecular formula is C15H17N3O2. The molecule has 0 spiro atoms. The highest BCUT2D eigenvalue weighted by molar-refractivity contribution is 6.21. The quantitative estimate of drug-likeness (QED) is 0.584. The molecule has 1 aliphatic rings. The number of hydrogen-bond donors (Lipinski definition) is 1. The van der Waals surface area contributed by atoms with E-state index >= 15 is 0 Å². The summed E-state index contributed by atoms with van der Waals surface area (Å²) in [6, 6.07) is 5.42. The van der Waals surface area contributed by atoms with E-state index in [1.54, 1.807) is 10.7 Å². The number of ether oxygens (including phenoxy) is 1. The van der Waals surface area contributed by atoms with Gasteiger partial charge in [-0.1, -0.05) is 13.0 Å². The van der Waals surface area contributed by atoms with E-state index in [-0.39, 0.29) is 5.78 Å². The molecule has 0 fully saturated rings. The fourth-order valence-electron chi connectivity index (χ4n) is 2.54. The minimum Gasteiger partial charge on any atom is -0.399 e. The number of carbonyl (C=O) groups excluding carboxylic acids is 1. The SMILES string of the molecule is CCCOCn1nc2c(c1C)-c1ccc(N)cc1C2=O. The topological polar surface area (TPSA) is 70.1 Å². The lowest BCUT2D eigenvalue weighted by molar-refractivity contribution is 0.0676.